The van der Waals surface area contributed by atoms with Crippen molar-refractivity contribution in [2.24, 2.45) is 23.7 Å². The number of nitrogens with zero attached hydrogens (tertiary/aromatic N) is 1. The molecule has 6 nitrogen and oxygen atoms in total. The number of Topliss-reactive ketones (excluding diaryl/α,β-unsaturated/α-hetero) is 1. The predicted octanol–water partition coefficient (Wildman–Crippen LogP) is 1.98. The van der Waals surface area contributed by atoms with Crippen LogP contribution >= 0.6 is 15.9 Å². The predicted molar refractivity (Wildman–Crippen MR) is 93.9 cm³/mol. The van der Waals surface area contributed by atoms with Crippen LogP contribution < -0.4 is 0 Å². The Kier molecular flexibility index (Phi) is 4.26. The van der Waals surface area contributed by atoms with Gasteiger partial charge in [-0.25, -0.2) is 0 Å². The Morgan fingerprint density at radius 3 is 2.19 bits per heavy atom. The highest BCUT2D eigenvalue weighted by molar-refractivity contribution is 9.10. The van der Waals surface area contributed by atoms with Gasteiger partial charge in [0, 0.05) is 10.0 Å². The van der Waals surface area contributed by atoms with E-state index in [1.165, 1.54) is 0 Å². The number of halogens is 1. The Balaban J connectivity index is 1.34. The minimum absolute atomic E-state index is 0.0986. The molecule has 1 saturated carbocycles. The zero-order chi connectivity index (χ0) is 18.4. The normalized spacial score (nSPS) is 28.6. The number of hydrogen-bond donors (Lipinski definition) is 0. The third kappa shape index (κ3) is 2.80. The van der Waals surface area contributed by atoms with Gasteiger partial charge in [0.05, 0.1) is 11.8 Å². The molecule has 7 heteroatoms. The maximum Gasteiger partial charge on any atom is 0.326 e. The minimum Gasteiger partial charge on any atom is -0.456 e. The zero-order valence-electron chi connectivity index (χ0n) is 13.8. The second-order valence-electron chi connectivity index (χ2n) is 6.85. The highest BCUT2D eigenvalue weighted by atomic mass is 79.9. The maximum absolute atomic E-state index is 12.5. The van der Waals surface area contributed by atoms with Gasteiger partial charge < -0.3 is 4.74 Å². The SMILES string of the molecule is O=C(CN1C(=O)[C@@H]2[C@H](C1=O)[C@@H]1C=C[C@@H]2C1)OCC(=O)c1ccc(Br)cc1. The van der Waals surface area contributed by atoms with E-state index in [1.54, 1.807) is 24.3 Å². The van der Waals surface area contributed by atoms with Gasteiger partial charge in [0.2, 0.25) is 11.8 Å². The van der Waals surface area contributed by atoms with Crippen molar-refractivity contribution < 1.29 is 23.9 Å². The molecule has 134 valence electrons. The first-order valence-electron chi connectivity index (χ1n) is 8.43. The second kappa shape index (κ2) is 6.46. The number of allylic oxidation sites excluding steroid dienone is 2. The molecule has 2 fully saturated rings. The van der Waals surface area contributed by atoms with E-state index in [0.29, 0.717) is 5.56 Å². The molecule has 1 aliphatic heterocycles. The van der Waals surface area contributed by atoms with Crippen LogP contribution in [0.3, 0.4) is 0 Å². The van der Waals surface area contributed by atoms with Crippen molar-refractivity contribution in [2.75, 3.05) is 13.2 Å². The highest BCUT2D eigenvalue weighted by Gasteiger charge is 2.59. The number of hydrogen-bond acceptors (Lipinski definition) is 5. The third-order valence-electron chi connectivity index (χ3n) is 5.38. The van der Waals surface area contributed by atoms with Gasteiger partial charge in [-0.2, -0.15) is 0 Å². The molecule has 0 spiro atoms. The topological polar surface area (TPSA) is 80.8 Å². The summed E-state index contributed by atoms with van der Waals surface area (Å²) in [5.41, 5.74) is 0.423. The second-order valence-corrected chi connectivity index (χ2v) is 7.77. The summed E-state index contributed by atoms with van der Waals surface area (Å²) < 4.78 is 5.82. The molecule has 2 aliphatic carbocycles. The fraction of sp³-hybridized carbons (Fsp3) is 0.368. The third-order valence-corrected chi connectivity index (χ3v) is 5.91. The van der Waals surface area contributed by atoms with Crippen LogP contribution in [0.5, 0.6) is 0 Å². The van der Waals surface area contributed by atoms with Gasteiger partial charge in [0.15, 0.2) is 12.4 Å². The number of rotatable bonds is 5. The monoisotopic (exact) mass is 417 g/mol. The van der Waals surface area contributed by atoms with Crippen LogP contribution in [0.25, 0.3) is 0 Å². The number of ether oxygens (including phenoxy) is 1. The Morgan fingerprint density at radius 2 is 1.62 bits per heavy atom. The summed E-state index contributed by atoms with van der Waals surface area (Å²) in [6.07, 6.45) is 4.83. The Bertz CT molecular complexity index is 801. The number of carbonyl (C=O) groups excluding carboxylic acids is 4. The van der Waals surface area contributed by atoms with Gasteiger partial charge in [0.25, 0.3) is 0 Å². The lowest BCUT2D eigenvalue weighted by Crippen LogP contribution is -2.38. The number of likely N-dealkylation sites (tertiary alicyclic amines) is 1. The van der Waals surface area contributed by atoms with Crippen molar-refractivity contribution in [2.45, 2.75) is 6.42 Å². The van der Waals surface area contributed by atoms with Crippen molar-refractivity contribution in [1.29, 1.82) is 0 Å². The van der Waals surface area contributed by atoms with Gasteiger partial charge in [-0.3, -0.25) is 24.1 Å². The van der Waals surface area contributed by atoms with Gasteiger partial charge >= 0.3 is 5.97 Å². The lowest BCUT2D eigenvalue weighted by atomic mass is 9.85. The first-order valence-corrected chi connectivity index (χ1v) is 9.23. The standard InChI is InChI=1S/C19H16BrNO5/c20-13-5-3-10(4-6-13)14(22)9-26-15(23)8-21-18(24)16-11-1-2-12(7-11)17(16)19(21)25/h1-6,11-12,16-17H,7-9H2/t11-,12-,16-,17+/m1/s1. The first-order chi connectivity index (χ1) is 12.5. The fourth-order valence-electron chi connectivity index (χ4n) is 4.16. The van der Waals surface area contributed by atoms with Gasteiger partial charge in [-0.15, -0.1) is 0 Å². The number of esters is 1. The van der Waals surface area contributed by atoms with E-state index in [1.807, 2.05) is 12.2 Å². The molecule has 0 aromatic heterocycles. The molecule has 3 aliphatic rings. The number of amides is 2. The van der Waals surface area contributed by atoms with Crippen LogP contribution in [0.4, 0.5) is 0 Å². The maximum atomic E-state index is 12.5. The largest absolute Gasteiger partial charge is 0.456 e. The number of imide groups is 1. The van der Waals surface area contributed by atoms with E-state index >= 15 is 0 Å². The van der Waals surface area contributed by atoms with E-state index in [2.05, 4.69) is 15.9 Å². The Morgan fingerprint density at radius 1 is 1.04 bits per heavy atom. The van der Waals surface area contributed by atoms with Crippen LogP contribution in [-0.4, -0.2) is 41.6 Å². The van der Waals surface area contributed by atoms with Gasteiger partial charge in [-0.05, 0) is 30.4 Å². The molecule has 2 bridgehead atoms. The van der Waals surface area contributed by atoms with Crippen molar-refractivity contribution in [3.8, 4) is 0 Å². The molecular weight excluding hydrogens is 402 g/mol. The summed E-state index contributed by atoms with van der Waals surface area (Å²) in [5, 5.41) is 0. The van der Waals surface area contributed by atoms with Crippen molar-refractivity contribution in [3.63, 3.8) is 0 Å². The summed E-state index contributed by atoms with van der Waals surface area (Å²) in [4.78, 5) is 50.1. The smallest absolute Gasteiger partial charge is 0.326 e. The van der Waals surface area contributed by atoms with E-state index in [0.717, 1.165) is 15.8 Å². The number of carbonyl (C=O) groups is 4. The molecule has 0 unspecified atom stereocenters. The number of fused-ring (bicyclic) bond motifs is 5. The zero-order valence-corrected chi connectivity index (χ0v) is 15.3. The van der Waals surface area contributed by atoms with Gasteiger partial charge in [-0.1, -0.05) is 40.2 Å². The van der Waals surface area contributed by atoms with Crippen LogP contribution in [0.15, 0.2) is 40.9 Å². The molecule has 0 N–H and O–H groups in total. The van der Waals surface area contributed by atoms with Gasteiger partial charge in [0.1, 0.15) is 6.54 Å². The molecule has 4 rings (SSSR count). The highest BCUT2D eigenvalue weighted by Crippen LogP contribution is 2.52. The first kappa shape index (κ1) is 17.1. The van der Waals surface area contributed by atoms with E-state index in [-0.39, 0.29) is 41.3 Å². The van der Waals surface area contributed by atoms with Crippen molar-refractivity contribution in [3.05, 3.63) is 46.5 Å². The van der Waals surface area contributed by atoms with E-state index in [9.17, 15) is 19.2 Å². The van der Waals surface area contributed by atoms with Crippen LogP contribution in [0.1, 0.15) is 16.8 Å². The summed E-state index contributed by atoms with van der Waals surface area (Å²) in [7, 11) is 0. The van der Waals surface area contributed by atoms with Crippen LogP contribution in [0.2, 0.25) is 0 Å². The number of ketones is 1. The number of benzene rings is 1. The Labute approximate surface area is 158 Å². The molecule has 2 amide bonds. The molecule has 4 atom stereocenters. The molecule has 0 radical (unpaired) electrons. The van der Waals surface area contributed by atoms with E-state index < -0.39 is 19.1 Å². The average Bonchev–Trinajstić information content (AvgIpc) is 3.30. The van der Waals surface area contributed by atoms with Crippen LogP contribution in [-0.2, 0) is 19.1 Å². The minimum atomic E-state index is -0.752. The Hall–Kier alpha value is -2.28. The summed E-state index contributed by atoms with van der Waals surface area (Å²) >= 11 is 3.28. The molecule has 1 aromatic carbocycles. The average molecular weight is 418 g/mol. The quantitative estimate of drug-likeness (QED) is 0.316. The van der Waals surface area contributed by atoms with E-state index in [4.69, 9.17) is 4.74 Å². The summed E-state index contributed by atoms with van der Waals surface area (Å²) in [5.74, 6) is -2.17. The van der Waals surface area contributed by atoms with Crippen molar-refractivity contribution >= 4 is 39.5 Å². The summed E-state index contributed by atoms with van der Waals surface area (Å²) in [6, 6.07) is 6.69. The summed E-state index contributed by atoms with van der Waals surface area (Å²) in [6.45, 7) is -0.853. The molecular formula is C19H16BrNO5. The molecule has 1 saturated heterocycles. The molecule has 26 heavy (non-hydrogen) atoms. The van der Waals surface area contributed by atoms with Crippen molar-refractivity contribution in [1.82, 2.24) is 4.90 Å². The lowest BCUT2D eigenvalue weighted by Gasteiger charge is -2.16. The molecule has 1 aromatic rings. The van der Waals surface area contributed by atoms with Crippen LogP contribution in [0, 0.1) is 23.7 Å². The fourth-order valence-corrected chi connectivity index (χ4v) is 4.42. The lowest BCUT2D eigenvalue weighted by molar-refractivity contribution is -0.152. The molecule has 1 heterocycles.